The van der Waals surface area contributed by atoms with Gasteiger partial charge in [0.1, 0.15) is 24.4 Å². The van der Waals surface area contributed by atoms with Crippen LogP contribution in [0.1, 0.15) is 271 Å². The second kappa shape index (κ2) is 56.4. The average Bonchev–Trinajstić information content (AvgIpc) is 3.43. The van der Waals surface area contributed by atoms with E-state index >= 15 is 0 Å². The molecule has 1 amide bonds. The highest BCUT2D eigenvalue weighted by Gasteiger charge is 2.44. The van der Waals surface area contributed by atoms with Crippen molar-refractivity contribution >= 4 is 5.91 Å². The van der Waals surface area contributed by atoms with Crippen LogP contribution in [0.25, 0.3) is 0 Å². The van der Waals surface area contributed by atoms with Gasteiger partial charge in [-0.05, 0) is 83.5 Å². The summed E-state index contributed by atoms with van der Waals surface area (Å²) >= 11 is 0. The molecule has 7 unspecified atom stereocenters. The topological polar surface area (TPSA) is 149 Å². The van der Waals surface area contributed by atoms with Crippen molar-refractivity contribution in [1.82, 2.24) is 5.32 Å². The van der Waals surface area contributed by atoms with Gasteiger partial charge in [-0.15, -0.1) is 0 Å². The number of unbranched alkanes of at least 4 members (excludes halogenated alkanes) is 30. The summed E-state index contributed by atoms with van der Waals surface area (Å²) in [6, 6.07) is -0.830. The summed E-state index contributed by atoms with van der Waals surface area (Å²) < 4.78 is 11.3. The quantitative estimate of drug-likeness (QED) is 0.0261. The Morgan fingerprint density at radius 1 is 0.455 bits per heavy atom. The molecule has 0 spiro atoms. The highest BCUT2D eigenvalue weighted by Crippen LogP contribution is 2.23. The lowest BCUT2D eigenvalue weighted by atomic mass is 9.99. The van der Waals surface area contributed by atoms with E-state index in [2.05, 4.69) is 104 Å². The van der Waals surface area contributed by atoms with E-state index < -0.39 is 49.5 Å². The smallest absolute Gasteiger partial charge is 0.220 e. The van der Waals surface area contributed by atoms with Gasteiger partial charge in [0, 0.05) is 6.42 Å². The fraction of sp³-hybridized carbons (Fsp3) is 0.750. The molecule has 1 aliphatic heterocycles. The van der Waals surface area contributed by atoms with Gasteiger partial charge in [-0.1, -0.05) is 278 Å². The first-order valence-electron chi connectivity index (χ1n) is 32.0. The molecule has 1 rings (SSSR count). The molecule has 6 N–H and O–H groups in total. The molecule has 77 heavy (non-hydrogen) atoms. The third-order valence-corrected chi connectivity index (χ3v) is 14.6. The van der Waals surface area contributed by atoms with Crippen LogP contribution in [0, 0.1) is 0 Å². The number of allylic oxidation sites excluding steroid dienone is 15. The van der Waals surface area contributed by atoms with Gasteiger partial charge in [-0.3, -0.25) is 4.79 Å². The van der Waals surface area contributed by atoms with Crippen LogP contribution in [0.3, 0.4) is 0 Å². The molecule has 0 saturated carbocycles. The molecule has 0 aromatic carbocycles. The zero-order chi connectivity index (χ0) is 55.8. The van der Waals surface area contributed by atoms with Crippen molar-refractivity contribution in [3.63, 3.8) is 0 Å². The van der Waals surface area contributed by atoms with Gasteiger partial charge in [-0.2, -0.15) is 0 Å². The molecule has 0 aliphatic carbocycles. The van der Waals surface area contributed by atoms with E-state index in [1.165, 1.54) is 173 Å². The molecule has 1 fully saturated rings. The number of nitrogens with one attached hydrogen (secondary N) is 1. The first kappa shape index (κ1) is 72.1. The monoisotopic (exact) mass is 1080 g/mol. The van der Waals surface area contributed by atoms with Gasteiger partial charge in [0.15, 0.2) is 6.29 Å². The summed E-state index contributed by atoms with van der Waals surface area (Å²) in [4.78, 5) is 13.1. The van der Waals surface area contributed by atoms with Crippen LogP contribution in [-0.2, 0) is 14.3 Å². The van der Waals surface area contributed by atoms with Crippen molar-refractivity contribution in [3.8, 4) is 0 Å². The van der Waals surface area contributed by atoms with Gasteiger partial charge in [0.05, 0.1) is 25.4 Å². The van der Waals surface area contributed by atoms with Gasteiger partial charge in [-0.25, -0.2) is 0 Å². The van der Waals surface area contributed by atoms with Gasteiger partial charge < -0.3 is 40.3 Å². The molecule has 0 aromatic heterocycles. The molecular formula is C68H119NO8. The fourth-order valence-electron chi connectivity index (χ4n) is 9.65. The summed E-state index contributed by atoms with van der Waals surface area (Å²) in [7, 11) is 0. The van der Waals surface area contributed by atoms with Crippen molar-refractivity contribution in [3.05, 3.63) is 97.2 Å². The van der Waals surface area contributed by atoms with Crippen LogP contribution >= 0.6 is 0 Å². The van der Waals surface area contributed by atoms with Gasteiger partial charge in [0.25, 0.3) is 0 Å². The lowest BCUT2D eigenvalue weighted by Gasteiger charge is -2.40. The zero-order valence-corrected chi connectivity index (χ0v) is 49.4. The summed E-state index contributed by atoms with van der Waals surface area (Å²) in [5.74, 6) is -0.190. The molecular weight excluding hydrogens is 959 g/mol. The van der Waals surface area contributed by atoms with Crippen LogP contribution in [0.15, 0.2) is 97.2 Å². The standard InChI is InChI=1S/C68H119NO8/c1-3-5-7-9-11-13-15-17-19-21-23-25-27-28-29-30-31-32-33-34-36-38-40-42-44-46-48-50-52-54-56-58-64(72)69-61(60-76-68-67(75)66(74)65(73)63(59-70)77-68)62(71)57-55-53-51-49-47-45-43-41-39-37-35-26-24-22-20-18-16-14-12-10-8-6-4-2/h5,7,11,13,17,19,23,25,28-29,31-32,47,49,55,57,61-63,65-68,70-71,73-75H,3-4,6,8-10,12,14-16,18,20-22,24,26-27,30,33-46,48,50-54,56,58-60H2,1-2H3,(H,69,72)/b7-5-,13-11-,19-17-,25-23-,29-28-,32-31-,49-47+,57-55+. The molecule has 0 aromatic rings. The van der Waals surface area contributed by atoms with E-state index in [1.807, 2.05) is 6.08 Å². The predicted molar refractivity (Wildman–Crippen MR) is 327 cm³/mol. The Bertz CT molecular complexity index is 1530. The third kappa shape index (κ3) is 45.5. The minimum Gasteiger partial charge on any atom is -0.394 e. The first-order valence-corrected chi connectivity index (χ1v) is 32.0. The maximum Gasteiger partial charge on any atom is 0.220 e. The van der Waals surface area contributed by atoms with Crippen LogP contribution in [0.4, 0.5) is 0 Å². The van der Waals surface area contributed by atoms with Crippen molar-refractivity contribution in [2.75, 3.05) is 13.2 Å². The molecule has 0 bridgehead atoms. The minimum absolute atomic E-state index is 0.190. The molecule has 1 saturated heterocycles. The lowest BCUT2D eigenvalue weighted by molar-refractivity contribution is -0.302. The number of amides is 1. The number of aliphatic hydroxyl groups excluding tert-OH is 5. The van der Waals surface area contributed by atoms with Crippen LogP contribution in [-0.4, -0.2) is 87.5 Å². The highest BCUT2D eigenvalue weighted by atomic mass is 16.7. The second-order valence-electron chi connectivity index (χ2n) is 21.8. The van der Waals surface area contributed by atoms with E-state index in [9.17, 15) is 30.3 Å². The Labute approximate surface area is 473 Å². The Morgan fingerprint density at radius 2 is 0.818 bits per heavy atom. The molecule has 444 valence electrons. The molecule has 9 nitrogen and oxygen atoms in total. The molecule has 0 radical (unpaired) electrons. The van der Waals surface area contributed by atoms with E-state index in [0.29, 0.717) is 6.42 Å². The van der Waals surface area contributed by atoms with Crippen molar-refractivity contribution in [2.45, 2.75) is 314 Å². The number of hydrogen-bond donors (Lipinski definition) is 6. The largest absolute Gasteiger partial charge is 0.394 e. The summed E-state index contributed by atoms with van der Waals surface area (Å²) in [6.07, 6.45) is 74.8. The van der Waals surface area contributed by atoms with E-state index in [1.54, 1.807) is 6.08 Å². The van der Waals surface area contributed by atoms with Crippen LogP contribution in [0.5, 0.6) is 0 Å². The number of hydrogen-bond acceptors (Lipinski definition) is 8. The number of carbonyl (C=O) groups is 1. The Kier molecular flexibility index (Phi) is 52.8. The second-order valence-corrected chi connectivity index (χ2v) is 21.8. The molecule has 1 aliphatic rings. The van der Waals surface area contributed by atoms with Crippen molar-refractivity contribution in [1.29, 1.82) is 0 Å². The Balaban J connectivity index is 2.20. The van der Waals surface area contributed by atoms with E-state index in [4.69, 9.17) is 9.47 Å². The Morgan fingerprint density at radius 3 is 1.25 bits per heavy atom. The van der Waals surface area contributed by atoms with Crippen LogP contribution in [0.2, 0.25) is 0 Å². The van der Waals surface area contributed by atoms with E-state index in [-0.39, 0.29) is 12.5 Å². The number of ether oxygens (including phenoxy) is 2. The molecule has 1 heterocycles. The maximum atomic E-state index is 13.1. The lowest BCUT2D eigenvalue weighted by Crippen LogP contribution is -2.60. The van der Waals surface area contributed by atoms with Crippen molar-refractivity contribution in [2.24, 2.45) is 0 Å². The van der Waals surface area contributed by atoms with E-state index in [0.717, 1.165) is 77.0 Å². The van der Waals surface area contributed by atoms with Crippen molar-refractivity contribution < 1.29 is 39.8 Å². The fourth-order valence-corrected chi connectivity index (χ4v) is 9.65. The van der Waals surface area contributed by atoms with Gasteiger partial charge >= 0.3 is 0 Å². The normalized spacial score (nSPS) is 19.4. The van der Waals surface area contributed by atoms with Crippen LogP contribution < -0.4 is 5.32 Å². The summed E-state index contributed by atoms with van der Waals surface area (Å²) in [6.45, 7) is 3.67. The molecule has 7 atom stereocenters. The summed E-state index contributed by atoms with van der Waals surface area (Å²) in [5.41, 5.74) is 0. The van der Waals surface area contributed by atoms with Gasteiger partial charge in [0.2, 0.25) is 5.91 Å². The zero-order valence-electron chi connectivity index (χ0n) is 49.4. The maximum absolute atomic E-state index is 13.1. The SMILES string of the molecule is CC/C=C\C/C=C\C/C=C\C/C=C\C/C=C\C/C=C\CCCCCCCCCCCCCCC(=O)NC(COC1OC(CO)C(O)C(O)C1O)C(O)/C=C/CC/C=C/CCCCCCCCCCCCCCCCCCC. The average molecular weight is 1080 g/mol. The number of rotatable bonds is 54. The number of aliphatic hydroxyl groups is 5. The highest BCUT2D eigenvalue weighted by molar-refractivity contribution is 5.76. The first-order chi connectivity index (χ1) is 37.8. The minimum atomic E-state index is -1.58. The number of carbonyl (C=O) groups excluding carboxylic acids is 1. The summed E-state index contributed by atoms with van der Waals surface area (Å²) in [5, 5.41) is 54.6. The molecule has 9 heteroatoms. The third-order valence-electron chi connectivity index (χ3n) is 14.6. The Hall–Kier alpha value is -2.89. The predicted octanol–water partition coefficient (Wildman–Crippen LogP) is 16.7.